The van der Waals surface area contributed by atoms with E-state index >= 15 is 0 Å². The van der Waals surface area contributed by atoms with Gasteiger partial charge in [-0.3, -0.25) is 9.89 Å². The Hall–Kier alpha value is -2.63. The Labute approximate surface area is 161 Å². The fourth-order valence-corrected chi connectivity index (χ4v) is 2.68. The first-order valence-electron chi connectivity index (χ1n) is 7.86. The summed E-state index contributed by atoms with van der Waals surface area (Å²) in [6.45, 7) is 4.08. The summed E-state index contributed by atoms with van der Waals surface area (Å²) in [7, 11) is 0. The van der Waals surface area contributed by atoms with Gasteiger partial charge >= 0.3 is 0 Å². The van der Waals surface area contributed by atoms with Crippen LogP contribution in [-0.2, 0) is 0 Å². The number of hydrazone groups is 1. The lowest BCUT2D eigenvalue weighted by atomic mass is 10.0. The molecule has 3 rings (SSSR count). The van der Waals surface area contributed by atoms with Crippen LogP contribution in [0.5, 0.6) is 0 Å². The molecule has 2 N–H and O–H groups in total. The van der Waals surface area contributed by atoms with Crippen molar-refractivity contribution in [3.8, 4) is 11.3 Å². The maximum Gasteiger partial charge on any atom is 0.289 e. The topological polar surface area (TPSA) is 70.1 Å². The van der Waals surface area contributed by atoms with Gasteiger partial charge in [-0.15, -0.1) is 0 Å². The Balaban J connectivity index is 1.71. The number of H-pyrrole nitrogens is 1. The highest BCUT2D eigenvalue weighted by Gasteiger charge is 2.11. The third-order valence-corrected chi connectivity index (χ3v) is 4.81. The van der Waals surface area contributed by atoms with Gasteiger partial charge in [0.1, 0.15) is 5.69 Å². The fraction of sp³-hybridized carbons (Fsp3) is 0.105. The summed E-state index contributed by atoms with van der Waals surface area (Å²) in [6.07, 6.45) is 1.44. The van der Waals surface area contributed by atoms with Gasteiger partial charge in [0.15, 0.2) is 0 Å². The molecule has 0 unspecified atom stereocenters. The zero-order chi connectivity index (χ0) is 18.7. The quantitative estimate of drug-likeness (QED) is 0.500. The van der Waals surface area contributed by atoms with Gasteiger partial charge in [-0.2, -0.15) is 10.2 Å². The number of halogens is 2. The second-order valence-electron chi connectivity index (χ2n) is 5.81. The molecule has 1 heterocycles. The molecule has 0 saturated heterocycles. The Kier molecular flexibility index (Phi) is 5.40. The van der Waals surface area contributed by atoms with Crippen LogP contribution in [0, 0.1) is 13.8 Å². The maximum atomic E-state index is 12.2. The molecule has 0 radical (unpaired) electrons. The Morgan fingerprint density at radius 1 is 1.15 bits per heavy atom. The lowest BCUT2D eigenvalue weighted by molar-refractivity contribution is 0.0950. The van der Waals surface area contributed by atoms with Gasteiger partial charge in [0, 0.05) is 11.1 Å². The van der Waals surface area contributed by atoms with Gasteiger partial charge in [-0.1, -0.05) is 47.5 Å². The van der Waals surface area contributed by atoms with Crippen molar-refractivity contribution >= 4 is 35.3 Å². The fourth-order valence-electron chi connectivity index (χ4n) is 2.33. The number of aryl methyl sites for hydroxylation is 2. The van der Waals surface area contributed by atoms with Crippen LogP contribution in [0.4, 0.5) is 0 Å². The van der Waals surface area contributed by atoms with E-state index in [1.807, 2.05) is 32.0 Å². The van der Waals surface area contributed by atoms with Gasteiger partial charge in [-0.05, 0) is 43.2 Å². The van der Waals surface area contributed by atoms with Crippen molar-refractivity contribution in [2.24, 2.45) is 5.10 Å². The summed E-state index contributed by atoms with van der Waals surface area (Å²) in [5, 5.41) is 11.6. The number of hydrogen-bond donors (Lipinski definition) is 2. The number of benzene rings is 2. The highest BCUT2D eigenvalue weighted by atomic mass is 35.5. The molecule has 132 valence electrons. The number of carbonyl (C=O) groups excluding carboxylic acids is 1. The van der Waals surface area contributed by atoms with Gasteiger partial charge in [-0.25, -0.2) is 5.43 Å². The normalized spacial score (nSPS) is 11.1. The highest BCUT2D eigenvalue weighted by Crippen LogP contribution is 2.24. The van der Waals surface area contributed by atoms with E-state index < -0.39 is 5.91 Å². The summed E-state index contributed by atoms with van der Waals surface area (Å²) < 4.78 is 0. The average Bonchev–Trinajstić information content (AvgIpc) is 3.11. The van der Waals surface area contributed by atoms with Crippen molar-refractivity contribution in [3.63, 3.8) is 0 Å². The zero-order valence-corrected chi connectivity index (χ0v) is 15.7. The van der Waals surface area contributed by atoms with Gasteiger partial charge in [0.2, 0.25) is 0 Å². The first-order valence-corrected chi connectivity index (χ1v) is 8.62. The molecule has 0 atom stereocenters. The summed E-state index contributed by atoms with van der Waals surface area (Å²) in [5.74, 6) is -0.401. The summed E-state index contributed by atoms with van der Waals surface area (Å²) in [4.78, 5) is 12.2. The molecule has 0 aliphatic rings. The number of nitrogens with one attached hydrogen (secondary N) is 2. The van der Waals surface area contributed by atoms with E-state index in [-0.39, 0.29) is 0 Å². The highest BCUT2D eigenvalue weighted by molar-refractivity contribution is 6.43. The van der Waals surface area contributed by atoms with Crippen LogP contribution in [0.15, 0.2) is 47.6 Å². The second-order valence-corrected chi connectivity index (χ2v) is 6.59. The number of carbonyl (C=O) groups is 1. The number of hydrogen-bond acceptors (Lipinski definition) is 3. The van der Waals surface area contributed by atoms with Crippen LogP contribution in [0.3, 0.4) is 0 Å². The van der Waals surface area contributed by atoms with E-state index in [0.717, 1.165) is 5.56 Å². The lowest BCUT2D eigenvalue weighted by Gasteiger charge is -2.01. The molecule has 0 aliphatic carbocycles. The monoisotopic (exact) mass is 386 g/mol. The summed E-state index contributed by atoms with van der Waals surface area (Å²) in [5.41, 5.74) is 7.37. The molecule has 0 fully saturated rings. The van der Waals surface area contributed by atoms with Crippen LogP contribution >= 0.6 is 23.2 Å². The first-order chi connectivity index (χ1) is 12.5. The Morgan fingerprint density at radius 2 is 1.96 bits per heavy atom. The molecular formula is C19H16Cl2N4O. The molecule has 2 aromatic carbocycles. The molecule has 3 aromatic rings. The zero-order valence-electron chi connectivity index (χ0n) is 14.2. The van der Waals surface area contributed by atoms with Gasteiger partial charge in [0.25, 0.3) is 5.91 Å². The van der Waals surface area contributed by atoms with Crippen molar-refractivity contribution in [2.45, 2.75) is 13.8 Å². The summed E-state index contributed by atoms with van der Waals surface area (Å²) in [6, 6.07) is 12.9. The predicted octanol–water partition coefficient (Wildman–Crippen LogP) is 4.76. The Morgan fingerprint density at radius 3 is 2.73 bits per heavy atom. The third-order valence-electron chi connectivity index (χ3n) is 3.98. The molecule has 7 heteroatoms. The number of rotatable bonds is 4. The van der Waals surface area contributed by atoms with Crippen molar-refractivity contribution in [1.82, 2.24) is 15.6 Å². The molecule has 0 aliphatic heterocycles. The minimum Gasteiger partial charge on any atom is -0.272 e. The molecule has 1 amide bonds. The van der Waals surface area contributed by atoms with Crippen molar-refractivity contribution in [1.29, 1.82) is 0 Å². The van der Waals surface area contributed by atoms with E-state index in [1.165, 1.54) is 17.3 Å². The smallest absolute Gasteiger partial charge is 0.272 e. The van der Waals surface area contributed by atoms with E-state index in [4.69, 9.17) is 23.2 Å². The van der Waals surface area contributed by atoms with Gasteiger partial charge < -0.3 is 0 Å². The number of aromatic amines is 1. The van der Waals surface area contributed by atoms with E-state index in [9.17, 15) is 4.79 Å². The molecule has 0 bridgehead atoms. The van der Waals surface area contributed by atoms with Crippen LogP contribution in [0.1, 0.15) is 27.2 Å². The third kappa shape index (κ3) is 3.95. The van der Waals surface area contributed by atoms with E-state index in [1.54, 1.807) is 24.3 Å². The van der Waals surface area contributed by atoms with E-state index in [0.29, 0.717) is 27.0 Å². The second kappa shape index (κ2) is 7.72. The van der Waals surface area contributed by atoms with Gasteiger partial charge in [0.05, 0.1) is 22.0 Å². The average molecular weight is 387 g/mol. The van der Waals surface area contributed by atoms with Crippen molar-refractivity contribution in [3.05, 3.63) is 74.9 Å². The molecule has 26 heavy (non-hydrogen) atoms. The van der Waals surface area contributed by atoms with Crippen LogP contribution in [-0.4, -0.2) is 22.3 Å². The van der Waals surface area contributed by atoms with Crippen molar-refractivity contribution < 1.29 is 4.79 Å². The number of amides is 1. The molecule has 5 nitrogen and oxygen atoms in total. The first kappa shape index (κ1) is 18.2. The lowest BCUT2D eigenvalue weighted by Crippen LogP contribution is -2.18. The predicted molar refractivity (Wildman–Crippen MR) is 105 cm³/mol. The largest absolute Gasteiger partial charge is 0.289 e. The molecule has 1 aromatic heterocycles. The minimum absolute atomic E-state index is 0.313. The SMILES string of the molecule is Cc1ccc(-c2cc(C(=O)N/N=C/c3cccc(Cl)c3Cl)[nH]n2)cc1C. The van der Waals surface area contributed by atoms with Crippen LogP contribution in [0.25, 0.3) is 11.3 Å². The number of aromatic nitrogens is 2. The summed E-state index contributed by atoms with van der Waals surface area (Å²) >= 11 is 12.0. The molecular weight excluding hydrogens is 371 g/mol. The van der Waals surface area contributed by atoms with Crippen LogP contribution < -0.4 is 5.43 Å². The van der Waals surface area contributed by atoms with Crippen molar-refractivity contribution in [2.75, 3.05) is 0 Å². The standard InChI is InChI=1S/C19H16Cl2N4O/c1-11-6-7-13(8-12(11)2)16-9-17(24-23-16)19(26)25-22-10-14-4-3-5-15(20)18(14)21/h3-10H,1-2H3,(H,23,24)(H,25,26)/b22-10+. The minimum atomic E-state index is -0.401. The number of nitrogens with zero attached hydrogens (tertiary/aromatic N) is 2. The maximum absolute atomic E-state index is 12.2. The molecule has 0 spiro atoms. The van der Waals surface area contributed by atoms with Crippen LogP contribution in [0.2, 0.25) is 10.0 Å². The van der Waals surface area contributed by atoms with E-state index in [2.05, 4.69) is 20.7 Å². The Bertz CT molecular complexity index is 995. The molecule has 0 saturated carbocycles.